The van der Waals surface area contributed by atoms with Crippen LogP contribution in [0.2, 0.25) is 0 Å². The second-order valence-electron chi connectivity index (χ2n) is 5.42. The van der Waals surface area contributed by atoms with E-state index in [9.17, 15) is 26.7 Å². The van der Waals surface area contributed by atoms with E-state index in [1.165, 1.54) is 20.8 Å². The molecule has 0 bridgehead atoms. The standard InChI is InChI=1S/C14H14F5NO/c1-13(2,3)12(21)7-11(14(17,18)19)20-8-4-5-9(15)10(16)6-8/h4-7,20H,1-3H3/b11-7+. The van der Waals surface area contributed by atoms with Gasteiger partial charge in [-0.1, -0.05) is 20.8 Å². The number of anilines is 1. The maximum atomic E-state index is 13.0. The van der Waals surface area contributed by atoms with Gasteiger partial charge >= 0.3 is 6.18 Å². The van der Waals surface area contributed by atoms with Crippen molar-refractivity contribution in [3.05, 3.63) is 41.6 Å². The van der Waals surface area contributed by atoms with E-state index in [-0.39, 0.29) is 5.69 Å². The van der Waals surface area contributed by atoms with Crippen molar-refractivity contribution in [3.8, 4) is 0 Å². The summed E-state index contributed by atoms with van der Waals surface area (Å²) in [5, 5.41) is 1.90. The number of allylic oxidation sites excluding steroid dienone is 2. The summed E-state index contributed by atoms with van der Waals surface area (Å²) in [5.41, 5.74) is -2.64. The Balaban J connectivity index is 3.13. The lowest BCUT2D eigenvalue weighted by Crippen LogP contribution is -2.24. The second-order valence-corrected chi connectivity index (χ2v) is 5.42. The van der Waals surface area contributed by atoms with E-state index >= 15 is 0 Å². The number of carbonyl (C=O) groups excluding carboxylic acids is 1. The fourth-order valence-corrected chi connectivity index (χ4v) is 1.27. The summed E-state index contributed by atoms with van der Waals surface area (Å²) in [4.78, 5) is 11.7. The summed E-state index contributed by atoms with van der Waals surface area (Å²) in [6, 6.07) is 2.22. The normalized spacial score (nSPS) is 13.2. The Labute approximate surface area is 118 Å². The van der Waals surface area contributed by atoms with Crippen LogP contribution in [0.25, 0.3) is 0 Å². The Hall–Kier alpha value is -1.92. The van der Waals surface area contributed by atoms with Crippen LogP contribution in [0.4, 0.5) is 27.6 Å². The minimum atomic E-state index is -4.83. The van der Waals surface area contributed by atoms with E-state index in [4.69, 9.17) is 0 Å². The first kappa shape index (κ1) is 17.1. The quantitative estimate of drug-likeness (QED) is 0.661. The number of benzene rings is 1. The van der Waals surface area contributed by atoms with Gasteiger partial charge in [0.2, 0.25) is 0 Å². The van der Waals surface area contributed by atoms with E-state index in [0.29, 0.717) is 18.2 Å². The van der Waals surface area contributed by atoms with Crippen LogP contribution in [-0.4, -0.2) is 12.0 Å². The van der Waals surface area contributed by atoms with Crippen LogP contribution in [-0.2, 0) is 4.79 Å². The van der Waals surface area contributed by atoms with E-state index in [1.807, 2.05) is 5.32 Å². The molecule has 0 radical (unpaired) electrons. The Bertz CT molecular complexity index is 570. The van der Waals surface area contributed by atoms with Crippen LogP contribution in [0.5, 0.6) is 0 Å². The Morgan fingerprint density at radius 2 is 1.67 bits per heavy atom. The van der Waals surface area contributed by atoms with Crippen molar-refractivity contribution in [3.63, 3.8) is 0 Å². The van der Waals surface area contributed by atoms with Crippen molar-refractivity contribution in [2.45, 2.75) is 26.9 Å². The van der Waals surface area contributed by atoms with Gasteiger partial charge in [0.25, 0.3) is 0 Å². The fraction of sp³-hybridized carbons (Fsp3) is 0.357. The molecule has 0 heterocycles. The molecular formula is C14H14F5NO. The highest BCUT2D eigenvalue weighted by atomic mass is 19.4. The number of alkyl halides is 3. The molecule has 0 saturated carbocycles. The summed E-state index contributed by atoms with van der Waals surface area (Å²) in [7, 11) is 0. The molecule has 0 saturated heterocycles. The summed E-state index contributed by atoms with van der Waals surface area (Å²) in [5.74, 6) is -3.21. The number of nitrogens with one attached hydrogen (secondary N) is 1. The highest BCUT2D eigenvalue weighted by Gasteiger charge is 2.36. The van der Waals surface area contributed by atoms with Crippen LogP contribution in [0.15, 0.2) is 30.0 Å². The Kier molecular flexibility index (Phi) is 4.76. The maximum absolute atomic E-state index is 13.0. The van der Waals surface area contributed by atoms with Gasteiger partial charge in [-0.3, -0.25) is 4.79 Å². The van der Waals surface area contributed by atoms with Gasteiger partial charge in [-0.05, 0) is 12.1 Å². The highest BCUT2D eigenvalue weighted by molar-refractivity contribution is 5.95. The van der Waals surface area contributed by atoms with E-state index < -0.39 is 34.7 Å². The molecule has 0 aromatic heterocycles. The van der Waals surface area contributed by atoms with Gasteiger partial charge in [-0.2, -0.15) is 13.2 Å². The van der Waals surface area contributed by atoms with Crippen molar-refractivity contribution in [2.75, 3.05) is 5.32 Å². The fourth-order valence-electron chi connectivity index (χ4n) is 1.27. The molecule has 1 N–H and O–H groups in total. The molecule has 1 aromatic carbocycles. The highest BCUT2D eigenvalue weighted by Crippen LogP contribution is 2.29. The molecule has 1 rings (SSSR count). The predicted octanol–water partition coefficient (Wildman–Crippen LogP) is 4.44. The van der Waals surface area contributed by atoms with Gasteiger partial charge in [0, 0.05) is 23.2 Å². The van der Waals surface area contributed by atoms with Crippen molar-refractivity contribution in [1.29, 1.82) is 0 Å². The minimum Gasteiger partial charge on any atom is -0.351 e. The average molecular weight is 307 g/mol. The van der Waals surface area contributed by atoms with Gasteiger partial charge in [0.1, 0.15) is 5.70 Å². The van der Waals surface area contributed by atoms with Gasteiger partial charge < -0.3 is 5.32 Å². The van der Waals surface area contributed by atoms with Gasteiger partial charge in [-0.15, -0.1) is 0 Å². The molecule has 0 spiro atoms. The van der Waals surface area contributed by atoms with Crippen LogP contribution >= 0.6 is 0 Å². The predicted molar refractivity (Wildman–Crippen MR) is 68.6 cm³/mol. The summed E-state index contributed by atoms with van der Waals surface area (Å²) >= 11 is 0. The largest absolute Gasteiger partial charge is 0.431 e. The Morgan fingerprint density at radius 3 is 2.10 bits per heavy atom. The molecule has 0 amide bonds. The lowest BCUT2D eigenvalue weighted by molar-refractivity contribution is -0.122. The number of rotatable bonds is 3. The topological polar surface area (TPSA) is 29.1 Å². The molecule has 0 atom stereocenters. The van der Waals surface area contributed by atoms with E-state index in [0.717, 1.165) is 6.07 Å². The lowest BCUT2D eigenvalue weighted by Gasteiger charge is -2.18. The monoisotopic (exact) mass is 307 g/mol. The molecule has 21 heavy (non-hydrogen) atoms. The smallest absolute Gasteiger partial charge is 0.351 e. The molecule has 116 valence electrons. The van der Waals surface area contributed by atoms with Crippen LogP contribution in [0, 0.1) is 17.0 Å². The van der Waals surface area contributed by atoms with Crippen LogP contribution < -0.4 is 5.32 Å². The van der Waals surface area contributed by atoms with Crippen molar-refractivity contribution >= 4 is 11.5 Å². The number of ketones is 1. The van der Waals surface area contributed by atoms with Gasteiger partial charge in [0.05, 0.1) is 0 Å². The first-order valence-corrected chi connectivity index (χ1v) is 5.96. The maximum Gasteiger partial charge on any atom is 0.431 e. The average Bonchev–Trinajstić information content (AvgIpc) is 2.30. The SMILES string of the molecule is CC(C)(C)C(=O)/C=C(/Nc1ccc(F)c(F)c1)C(F)(F)F. The van der Waals surface area contributed by atoms with Gasteiger partial charge in [-0.25, -0.2) is 8.78 Å². The van der Waals surface area contributed by atoms with Crippen molar-refractivity contribution in [1.82, 2.24) is 0 Å². The zero-order valence-corrected chi connectivity index (χ0v) is 11.6. The lowest BCUT2D eigenvalue weighted by atomic mass is 9.90. The van der Waals surface area contributed by atoms with Crippen molar-refractivity contribution < 1.29 is 26.7 Å². The summed E-state index contributed by atoms with van der Waals surface area (Å²) in [6.45, 7) is 4.41. The van der Waals surface area contributed by atoms with E-state index in [1.54, 1.807) is 0 Å². The molecule has 0 unspecified atom stereocenters. The molecule has 0 aliphatic carbocycles. The molecular weight excluding hydrogens is 293 g/mol. The third kappa shape index (κ3) is 4.84. The molecule has 2 nitrogen and oxygen atoms in total. The zero-order valence-electron chi connectivity index (χ0n) is 11.6. The third-order valence-corrected chi connectivity index (χ3v) is 2.52. The Morgan fingerprint density at radius 1 is 1.10 bits per heavy atom. The number of hydrogen-bond donors (Lipinski definition) is 1. The molecule has 0 aliphatic rings. The first-order valence-electron chi connectivity index (χ1n) is 5.96. The summed E-state index contributed by atoms with van der Waals surface area (Å²) in [6.07, 6.45) is -4.41. The van der Waals surface area contributed by atoms with Crippen LogP contribution in [0.1, 0.15) is 20.8 Å². The van der Waals surface area contributed by atoms with E-state index in [2.05, 4.69) is 0 Å². The minimum absolute atomic E-state index is 0.306. The molecule has 1 aromatic rings. The number of hydrogen-bond acceptors (Lipinski definition) is 2. The molecule has 0 aliphatic heterocycles. The van der Waals surface area contributed by atoms with Crippen LogP contribution in [0.3, 0.4) is 0 Å². The zero-order chi connectivity index (χ0) is 16.4. The third-order valence-electron chi connectivity index (χ3n) is 2.52. The second kappa shape index (κ2) is 5.83. The number of halogens is 5. The van der Waals surface area contributed by atoms with Crippen molar-refractivity contribution in [2.24, 2.45) is 5.41 Å². The van der Waals surface area contributed by atoms with Gasteiger partial charge in [0.15, 0.2) is 17.4 Å². The number of carbonyl (C=O) groups is 1. The first-order chi connectivity index (χ1) is 9.41. The molecule has 0 fully saturated rings. The summed E-state index contributed by atoms with van der Waals surface area (Å²) < 4.78 is 64.4. The molecule has 7 heteroatoms.